The summed E-state index contributed by atoms with van der Waals surface area (Å²) in [5.74, 6) is 0.611. The summed E-state index contributed by atoms with van der Waals surface area (Å²) in [6.07, 6.45) is 13.6. The fourth-order valence-electron chi connectivity index (χ4n) is 12.4. The number of piperidine rings is 1. The lowest BCUT2D eigenvalue weighted by atomic mass is 9.33. The number of carbonyl (C=O) groups is 3. The second kappa shape index (κ2) is 9.87. The Morgan fingerprint density at radius 2 is 1.73 bits per heavy atom. The molecule has 7 rings (SSSR count). The Morgan fingerprint density at radius 3 is 2.42 bits per heavy atom. The first-order valence-corrected chi connectivity index (χ1v) is 17.7. The van der Waals surface area contributed by atoms with Crippen molar-refractivity contribution < 1.29 is 19.1 Å². The van der Waals surface area contributed by atoms with E-state index in [0.29, 0.717) is 12.5 Å². The number of allylic oxidation sites excluding steroid dienone is 2. The molecule has 2 heterocycles. The molecule has 0 spiro atoms. The predicted molar refractivity (Wildman–Crippen MR) is 174 cm³/mol. The second-order valence-corrected chi connectivity index (χ2v) is 18.0. The molecule has 0 amide bonds. The molecule has 0 bridgehead atoms. The minimum absolute atomic E-state index is 0.0365. The predicted octanol–water partition coefficient (Wildman–Crippen LogP) is 6.69. The van der Waals surface area contributed by atoms with E-state index in [1.54, 1.807) is 4.68 Å². The molecule has 1 aromatic rings. The van der Waals surface area contributed by atoms with Gasteiger partial charge in [-0.3, -0.25) is 14.4 Å². The zero-order valence-electron chi connectivity index (χ0n) is 29.0. The van der Waals surface area contributed by atoms with E-state index in [2.05, 4.69) is 59.9 Å². The Morgan fingerprint density at radius 1 is 1.00 bits per heavy atom. The Hall–Kier alpha value is -2.28. The van der Waals surface area contributed by atoms with Gasteiger partial charge in [-0.05, 0) is 123 Å². The third-order valence-electron chi connectivity index (χ3n) is 15.2. The first-order chi connectivity index (χ1) is 21.0. The number of hydrogen-bond acceptors (Lipinski definition) is 6. The molecule has 1 aliphatic heterocycles. The molecule has 246 valence electrons. The highest BCUT2D eigenvalue weighted by molar-refractivity contribution is 5.96. The maximum absolute atomic E-state index is 14.8. The SMILES string of the molecule is COC(=O)[C@@]1(C)CC[C@]2(C)CC[C@]3(C)C(=CC(=O)[C@@H]4[C@@]5(C)Cc6cn(C(=O)C7CCCNC7)nc6C(C)(C)[C@@H]5CC[C@]43C)[C@H]2C1. The van der Waals surface area contributed by atoms with Crippen molar-refractivity contribution in [3.05, 3.63) is 29.1 Å². The summed E-state index contributed by atoms with van der Waals surface area (Å²) >= 11 is 0. The molecule has 1 unspecified atom stereocenters. The van der Waals surface area contributed by atoms with Crippen LogP contribution in [0.2, 0.25) is 0 Å². The number of esters is 1. The van der Waals surface area contributed by atoms with Crippen LogP contribution in [0.4, 0.5) is 0 Å². The third-order valence-corrected chi connectivity index (χ3v) is 15.2. The minimum atomic E-state index is -0.516. The van der Waals surface area contributed by atoms with Crippen molar-refractivity contribution in [3.8, 4) is 0 Å². The Bertz CT molecular complexity index is 1490. The van der Waals surface area contributed by atoms with Crippen LogP contribution < -0.4 is 5.32 Å². The lowest BCUT2D eigenvalue weighted by molar-refractivity contribution is -0.174. The molecule has 6 aliphatic rings. The topological polar surface area (TPSA) is 90.3 Å². The smallest absolute Gasteiger partial charge is 0.311 e. The maximum Gasteiger partial charge on any atom is 0.311 e. The van der Waals surface area contributed by atoms with Crippen LogP contribution in [0.1, 0.15) is 122 Å². The zero-order chi connectivity index (χ0) is 32.4. The Balaban J connectivity index is 1.28. The van der Waals surface area contributed by atoms with Gasteiger partial charge in [-0.1, -0.05) is 47.1 Å². The van der Waals surface area contributed by atoms with Crippen molar-refractivity contribution in [2.45, 2.75) is 118 Å². The van der Waals surface area contributed by atoms with Gasteiger partial charge >= 0.3 is 5.97 Å². The standard InChI is InChI=1S/C38H55N3O4/c1-33(2)28-11-12-38(7)29(36(28,5)19-24-22-41(40-30(24)33)31(43)23-10-9-17-39-21-23)27(42)18-25-26-20-35(4,32(44)45-8)14-13-34(26,3)15-16-37(25,38)6/h18,22-23,26,28-29,39H,9-17,19-21H2,1-8H3/t23?,26-,28+,29-,34-,35+,36+,37-,38-/m1/s1. The molecule has 0 aromatic carbocycles. The number of hydrogen-bond donors (Lipinski definition) is 1. The number of nitrogens with zero attached hydrogens (tertiary/aromatic N) is 2. The van der Waals surface area contributed by atoms with E-state index in [-0.39, 0.29) is 62.5 Å². The lowest BCUT2D eigenvalue weighted by Crippen LogP contribution is -2.66. The molecule has 4 fully saturated rings. The number of methoxy groups -OCH3 is 1. The van der Waals surface area contributed by atoms with Crippen LogP contribution >= 0.6 is 0 Å². The number of aromatic nitrogens is 2. The van der Waals surface area contributed by atoms with E-state index in [1.165, 1.54) is 12.7 Å². The van der Waals surface area contributed by atoms with Gasteiger partial charge in [0.15, 0.2) is 5.78 Å². The van der Waals surface area contributed by atoms with Crippen LogP contribution in [-0.4, -0.2) is 47.6 Å². The quantitative estimate of drug-likeness (QED) is 0.372. The number of ether oxygens (including phenoxy) is 1. The largest absolute Gasteiger partial charge is 0.469 e. The number of fused-ring (bicyclic) bond motifs is 8. The molecule has 45 heavy (non-hydrogen) atoms. The Labute approximate surface area is 269 Å². The van der Waals surface area contributed by atoms with E-state index in [4.69, 9.17) is 9.84 Å². The summed E-state index contributed by atoms with van der Waals surface area (Å²) in [4.78, 5) is 41.4. The summed E-state index contributed by atoms with van der Waals surface area (Å²) < 4.78 is 6.96. The zero-order valence-corrected chi connectivity index (χ0v) is 29.0. The summed E-state index contributed by atoms with van der Waals surface area (Å²) in [6.45, 7) is 18.0. The van der Waals surface area contributed by atoms with Crippen molar-refractivity contribution in [2.24, 2.45) is 50.7 Å². The highest BCUT2D eigenvalue weighted by atomic mass is 16.5. The molecule has 3 saturated carbocycles. The van der Waals surface area contributed by atoms with Gasteiger partial charge < -0.3 is 10.1 Å². The normalized spacial score (nSPS) is 45.2. The molecular formula is C38H55N3O4. The molecule has 1 aromatic heterocycles. The number of rotatable bonds is 2. The highest BCUT2D eigenvalue weighted by Gasteiger charge is 2.70. The third kappa shape index (κ3) is 4.10. The van der Waals surface area contributed by atoms with Crippen LogP contribution in [0, 0.1) is 50.7 Å². The lowest BCUT2D eigenvalue weighted by Gasteiger charge is -2.69. The van der Waals surface area contributed by atoms with Gasteiger partial charge in [-0.25, -0.2) is 4.68 Å². The van der Waals surface area contributed by atoms with Gasteiger partial charge in [0.05, 0.1) is 24.1 Å². The van der Waals surface area contributed by atoms with E-state index in [0.717, 1.165) is 82.0 Å². The second-order valence-electron chi connectivity index (χ2n) is 18.0. The maximum atomic E-state index is 14.8. The molecular weight excluding hydrogens is 562 g/mol. The average molecular weight is 618 g/mol. The van der Waals surface area contributed by atoms with E-state index >= 15 is 0 Å². The van der Waals surface area contributed by atoms with E-state index in [9.17, 15) is 14.4 Å². The highest BCUT2D eigenvalue weighted by Crippen LogP contribution is 2.74. The number of ketones is 1. The van der Waals surface area contributed by atoms with Crippen LogP contribution in [-0.2, 0) is 26.2 Å². The van der Waals surface area contributed by atoms with Crippen LogP contribution in [0.15, 0.2) is 17.8 Å². The summed E-state index contributed by atoms with van der Waals surface area (Å²) in [7, 11) is 1.50. The van der Waals surface area contributed by atoms with Crippen molar-refractivity contribution in [1.29, 1.82) is 0 Å². The number of nitrogens with one attached hydrogen (secondary N) is 1. The van der Waals surface area contributed by atoms with Gasteiger partial charge in [0.25, 0.3) is 5.91 Å². The molecule has 0 radical (unpaired) electrons. The summed E-state index contributed by atoms with van der Waals surface area (Å²) in [5, 5.41) is 8.39. The van der Waals surface area contributed by atoms with Gasteiger partial charge in [0, 0.05) is 24.1 Å². The van der Waals surface area contributed by atoms with Crippen molar-refractivity contribution in [2.75, 3.05) is 20.2 Å². The van der Waals surface area contributed by atoms with Gasteiger partial charge in [-0.15, -0.1) is 0 Å². The molecule has 1 N–H and O–H groups in total. The minimum Gasteiger partial charge on any atom is -0.469 e. The van der Waals surface area contributed by atoms with Crippen molar-refractivity contribution >= 4 is 17.7 Å². The first kappa shape index (κ1) is 31.3. The van der Waals surface area contributed by atoms with Gasteiger partial charge in [-0.2, -0.15) is 5.10 Å². The van der Waals surface area contributed by atoms with Gasteiger partial charge in [0.2, 0.25) is 0 Å². The molecule has 7 heteroatoms. The monoisotopic (exact) mass is 617 g/mol. The van der Waals surface area contributed by atoms with E-state index < -0.39 is 5.41 Å². The first-order valence-electron chi connectivity index (χ1n) is 17.7. The van der Waals surface area contributed by atoms with Crippen molar-refractivity contribution in [1.82, 2.24) is 15.1 Å². The van der Waals surface area contributed by atoms with Crippen LogP contribution in [0.25, 0.3) is 0 Å². The van der Waals surface area contributed by atoms with Crippen molar-refractivity contribution in [3.63, 3.8) is 0 Å². The molecule has 9 atom stereocenters. The average Bonchev–Trinajstić information content (AvgIpc) is 3.43. The van der Waals surface area contributed by atoms with E-state index in [1.807, 2.05) is 6.20 Å². The number of carbonyl (C=O) groups excluding carboxylic acids is 3. The molecule has 5 aliphatic carbocycles. The Kier molecular flexibility index (Phi) is 6.87. The van der Waals surface area contributed by atoms with Crippen LogP contribution in [0.3, 0.4) is 0 Å². The van der Waals surface area contributed by atoms with Gasteiger partial charge in [0.1, 0.15) is 0 Å². The molecule has 7 nitrogen and oxygen atoms in total. The fraction of sp³-hybridized carbons (Fsp3) is 0.789. The summed E-state index contributed by atoms with van der Waals surface area (Å²) in [6, 6.07) is 0. The molecule has 1 saturated heterocycles. The summed E-state index contributed by atoms with van der Waals surface area (Å²) in [5.41, 5.74) is 2.29. The van der Waals surface area contributed by atoms with Crippen LogP contribution in [0.5, 0.6) is 0 Å². The fourth-order valence-corrected chi connectivity index (χ4v) is 12.4.